The van der Waals surface area contributed by atoms with E-state index in [0.29, 0.717) is 12.1 Å². The van der Waals surface area contributed by atoms with E-state index in [-0.39, 0.29) is 32.3 Å². The van der Waals surface area contributed by atoms with Crippen LogP contribution in [0.3, 0.4) is 0 Å². The number of carbonyl (C=O) groups is 2. The number of nitro benzene ring substituents is 1. The molecule has 1 aromatic heterocycles. The maximum Gasteiger partial charge on any atom is 0.350 e. The number of nitro groups is 1. The van der Waals surface area contributed by atoms with Gasteiger partial charge in [0.15, 0.2) is 11.7 Å². The number of aromatic nitrogens is 1. The molecule has 0 saturated carbocycles. The van der Waals surface area contributed by atoms with Gasteiger partial charge in [0.05, 0.1) is 10.6 Å². The fourth-order valence-electron chi connectivity index (χ4n) is 2.18. The fraction of sp³-hybridized carbons (Fsp3) is 0.312. The second-order valence-corrected chi connectivity index (χ2v) is 7.41. The van der Waals surface area contributed by atoms with E-state index in [4.69, 9.17) is 22.1 Å². The third-order valence-electron chi connectivity index (χ3n) is 3.26. The monoisotopic (exact) mass is 412 g/mol. The number of nitrogens with two attached hydrogens (primary N) is 1. The minimum atomic E-state index is -0.697. The number of anilines is 2. The molecular formula is C16H17ClN4O5S. The number of hydrogen-bond donors (Lipinski definition) is 2. The number of rotatable bonds is 7. The van der Waals surface area contributed by atoms with Crippen LogP contribution in [-0.2, 0) is 16.0 Å². The Morgan fingerprint density at radius 2 is 2.15 bits per heavy atom. The van der Waals surface area contributed by atoms with Crippen molar-refractivity contribution in [1.29, 1.82) is 0 Å². The van der Waals surface area contributed by atoms with Gasteiger partial charge in [0.1, 0.15) is 9.90 Å². The number of nitrogens with one attached hydrogen (secondary N) is 1. The van der Waals surface area contributed by atoms with Crippen molar-refractivity contribution in [2.24, 2.45) is 5.92 Å². The predicted octanol–water partition coefficient (Wildman–Crippen LogP) is 3.28. The van der Waals surface area contributed by atoms with E-state index in [1.54, 1.807) is 0 Å². The molecule has 1 amide bonds. The Bertz CT molecular complexity index is 884. The number of ether oxygens (including phenoxy) is 1. The van der Waals surface area contributed by atoms with E-state index in [1.807, 2.05) is 13.8 Å². The normalized spacial score (nSPS) is 10.7. The lowest BCUT2D eigenvalue weighted by atomic mass is 10.1. The lowest BCUT2D eigenvalue weighted by Gasteiger charge is -2.07. The number of amides is 1. The molecule has 0 unspecified atom stereocenters. The molecule has 2 aromatic rings. The SMILES string of the molecule is CC(C)Cc1nc(N)sc1C(=O)OCC(=O)Nc1ccc(Cl)c([N+](=O)[O-])c1. The van der Waals surface area contributed by atoms with Gasteiger partial charge >= 0.3 is 5.97 Å². The van der Waals surface area contributed by atoms with Gasteiger partial charge in [0.25, 0.3) is 11.6 Å². The van der Waals surface area contributed by atoms with Crippen LogP contribution in [0.4, 0.5) is 16.5 Å². The van der Waals surface area contributed by atoms with Gasteiger partial charge < -0.3 is 15.8 Å². The zero-order chi connectivity index (χ0) is 20.1. The minimum absolute atomic E-state index is 0.0510. The van der Waals surface area contributed by atoms with E-state index in [9.17, 15) is 19.7 Å². The quantitative estimate of drug-likeness (QED) is 0.404. The number of benzene rings is 1. The molecular weight excluding hydrogens is 396 g/mol. The summed E-state index contributed by atoms with van der Waals surface area (Å²) in [5, 5.41) is 13.5. The van der Waals surface area contributed by atoms with Crippen molar-refractivity contribution in [2.75, 3.05) is 17.7 Å². The molecule has 144 valence electrons. The first-order valence-corrected chi connectivity index (χ1v) is 9.03. The zero-order valence-electron chi connectivity index (χ0n) is 14.5. The topological polar surface area (TPSA) is 137 Å². The molecule has 0 atom stereocenters. The standard InChI is InChI=1S/C16H17ClN4O5S/c1-8(2)5-11-14(27-16(18)20-11)15(23)26-7-13(22)19-9-3-4-10(17)12(6-9)21(24)25/h3-4,6,8H,5,7H2,1-2H3,(H2,18,20)(H,19,22). The van der Waals surface area contributed by atoms with Crippen LogP contribution in [0.5, 0.6) is 0 Å². The maximum absolute atomic E-state index is 12.2. The van der Waals surface area contributed by atoms with Gasteiger partial charge in [-0.05, 0) is 24.5 Å². The van der Waals surface area contributed by atoms with Crippen molar-refractivity contribution in [2.45, 2.75) is 20.3 Å². The molecule has 0 fully saturated rings. The summed E-state index contributed by atoms with van der Waals surface area (Å²) in [4.78, 5) is 38.7. The number of carbonyl (C=O) groups excluding carboxylic acids is 2. The Hall–Kier alpha value is -2.72. The first kappa shape index (κ1) is 20.6. The van der Waals surface area contributed by atoms with E-state index >= 15 is 0 Å². The first-order chi connectivity index (χ1) is 12.7. The van der Waals surface area contributed by atoms with Crippen LogP contribution in [0.25, 0.3) is 0 Å². The Kier molecular flexibility index (Phi) is 6.70. The third kappa shape index (κ3) is 5.63. The van der Waals surface area contributed by atoms with E-state index in [0.717, 1.165) is 17.4 Å². The molecule has 9 nitrogen and oxygen atoms in total. The second kappa shape index (κ2) is 8.78. The number of hydrogen-bond acceptors (Lipinski definition) is 8. The molecule has 0 spiro atoms. The van der Waals surface area contributed by atoms with Crippen molar-refractivity contribution in [1.82, 2.24) is 4.98 Å². The molecule has 0 aliphatic heterocycles. The Balaban J connectivity index is 1.99. The molecule has 27 heavy (non-hydrogen) atoms. The maximum atomic E-state index is 12.2. The summed E-state index contributed by atoms with van der Waals surface area (Å²) in [6.45, 7) is 3.39. The summed E-state index contributed by atoms with van der Waals surface area (Å²) in [7, 11) is 0. The third-order valence-corrected chi connectivity index (χ3v) is 4.49. The lowest BCUT2D eigenvalue weighted by molar-refractivity contribution is -0.384. The summed E-state index contributed by atoms with van der Waals surface area (Å²) >= 11 is 6.71. The number of nitrogen functional groups attached to an aromatic ring is 1. The van der Waals surface area contributed by atoms with Crippen LogP contribution in [0.1, 0.15) is 29.2 Å². The van der Waals surface area contributed by atoms with Gasteiger partial charge in [0.2, 0.25) is 0 Å². The van der Waals surface area contributed by atoms with Crippen molar-refractivity contribution in [3.05, 3.63) is 43.9 Å². The summed E-state index contributed by atoms with van der Waals surface area (Å²) in [5.41, 5.74) is 6.01. The lowest BCUT2D eigenvalue weighted by Crippen LogP contribution is -2.21. The van der Waals surface area contributed by atoms with Crippen molar-refractivity contribution in [3.63, 3.8) is 0 Å². The van der Waals surface area contributed by atoms with Crippen LogP contribution < -0.4 is 11.1 Å². The van der Waals surface area contributed by atoms with Gasteiger partial charge in [-0.15, -0.1) is 0 Å². The van der Waals surface area contributed by atoms with Crippen LogP contribution in [0.2, 0.25) is 5.02 Å². The molecule has 0 saturated heterocycles. The molecule has 1 heterocycles. The molecule has 2 rings (SSSR count). The summed E-state index contributed by atoms with van der Waals surface area (Å²) < 4.78 is 5.00. The zero-order valence-corrected chi connectivity index (χ0v) is 16.1. The molecule has 11 heteroatoms. The molecule has 1 aromatic carbocycles. The van der Waals surface area contributed by atoms with Gasteiger partial charge in [-0.1, -0.05) is 36.8 Å². The highest BCUT2D eigenvalue weighted by atomic mass is 35.5. The van der Waals surface area contributed by atoms with Crippen LogP contribution in [0, 0.1) is 16.0 Å². The summed E-state index contributed by atoms with van der Waals surface area (Å²) in [6.07, 6.45) is 0.554. The molecule has 0 radical (unpaired) electrons. The molecule has 3 N–H and O–H groups in total. The van der Waals surface area contributed by atoms with Gasteiger partial charge in [-0.2, -0.15) is 0 Å². The first-order valence-electron chi connectivity index (χ1n) is 7.83. The van der Waals surface area contributed by atoms with Crippen LogP contribution >= 0.6 is 22.9 Å². The highest BCUT2D eigenvalue weighted by Crippen LogP contribution is 2.27. The van der Waals surface area contributed by atoms with Gasteiger partial charge in [-0.25, -0.2) is 9.78 Å². The van der Waals surface area contributed by atoms with E-state index in [1.165, 1.54) is 12.1 Å². The van der Waals surface area contributed by atoms with E-state index < -0.39 is 23.4 Å². The molecule has 0 bridgehead atoms. The smallest absolute Gasteiger partial charge is 0.350 e. The van der Waals surface area contributed by atoms with Gasteiger partial charge in [-0.3, -0.25) is 14.9 Å². The average Bonchev–Trinajstić information content (AvgIpc) is 2.93. The Labute approximate surface area is 163 Å². The highest BCUT2D eigenvalue weighted by molar-refractivity contribution is 7.17. The fourth-order valence-corrected chi connectivity index (χ4v) is 3.12. The average molecular weight is 413 g/mol. The Morgan fingerprint density at radius 1 is 1.44 bits per heavy atom. The number of halogens is 1. The minimum Gasteiger partial charge on any atom is -0.451 e. The highest BCUT2D eigenvalue weighted by Gasteiger charge is 2.21. The molecule has 0 aliphatic carbocycles. The van der Waals surface area contributed by atoms with Crippen LogP contribution in [0.15, 0.2) is 18.2 Å². The summed E-state index contributed by atoms with van der Waals surface area (Å²) in [5.74, 6) is -1.08. The van der Waals surface area contributed by atoms with E-state index in [2.05, 4.69) is 10.3 Å². The number of esters is 1. The van der Waals surface area contributed by atoms with Crippen molar-refractivity contribution < 1.29 is 19.2 Å². The van der Waals surface area contributed by atoms with Crippen molar-refractivity contribution >= 4 is 51.3 Å². The second-order valence-electron chi connectivity index (χ2n) is 5.97. The van der Waals surface area contributed by atoms with Crippen LogP contribution in [-0.4, -0.2) is 28.4 Å². The Morgan fingerprint density at radius 3 is 2.78 bits per heavy atom. The largest absolute Gasteiger partial charge is 0.451 e. The predicted molar refractivity (Wildman–Crippen MR) is 102 cm³/mol. The van der Waals surface area contributed by atoms with Gasteiger partial charge in [0, 0.05) is 11.8 Å². The summed E-state index contributed by atoms with van der Waals surface area (Å²) in [6, 6.07) is 3.81. The van der Waals surface area contributed by atoms with Crippen molar-refractivity contribution in [3.8, 4) is 0 Å². The molecule has 0 aliphatic rings. The number of nitrogens with zero attached hydrogens (tertiary/aromatic N) is 2. The number of thiazole rings is 1.